The van der Waals surface area contributed by atoms with E-state index in [9.17, 15) is 0 Å². The van der Waals surface area contributed by atoms with E-state index in [2.05, 4.69) is 209 Å². The van der Waals surface area contributed by atoms with Gasteiger partial charge in [-0.1, -0.05) is 155 Å². The molecule has 268 valence electrons. The van der Waals surface area contributed by atoms with E-state index in [1.54, 1.807) is 0 Å². The predicted octanol–water partition coefficient (Wildman–Crippen LogP) is 15.5. The zero-order valence-corrected chi connectivity index (χ0v) is 32.9. The molecule has 56 heavy (non-hydrogen) atoms. The topological polar surface area (TPSA) is 3.24 Å². The summed E-state index contributed by atoms with van der Waals surface area (Å²) in [6.07, 6.45) is 0. The van der Waals surface area contributed by atoms with Crippen LogP contribution >= 0.6 is 11.3 Å². The lowest BCUT2D eigenvalue weighted by molar-refractivity contribution is 0.660. The lowest BCUT2D eigenvalue weighted by Gasteiger charge is -2.29. The third kappa shape index (κ3) is 4.79. The highest BCUT2D eigenvalue weighted by molar-refractivity contribution is 7.25. The van der Waals surface area contributed by atoms with Crippen LogP contribution in [0.15, 0.2) is 176 Å². The minimum Gasteiger partial charge on any atom is -0.310 e. The van der Waals surface area contributed by atoms with E-state index in [-0.39, 0.29) is 10.8 Å². The monoisotopic (exact) mass is 735 g/mol. The molecule has 1 heterocycles. The molecule has 8 aromatic carbocycles. The molecule has 0 atom stereocenters. The number of hydrogen-bond acceptors (Lipinski definition) is 2. The van der Waals surface area contributed by atoms with Crippen molar-refractivity contribution in [2.45, 2.75) is 38.5 Å². The molecule has 2 aliphatic rings. The molecule has 2 heteroatoms. The summed E-state index contributed by atoms with van der Waals surface area (Å²) in [5, 5.41) is 2.65. The van der Waals surface area contributed by atoms with Crippen molar-refractivity contribution in [2.24, 2.45) is 0 Å². The second-order valence-electron chi connectivity index (χ2n) is 16.5. The number of nitrogens with zero attached hydrogens (tertiary/aromatic N) is 1. The van der Waals surface area contributed by atoms with Crippen molar-refractivity contribution in [1.82, 2.24) is 0 Å². The van der Waals surface area contributed by atoms with Crippen LogP contribution in [0, 0.1) is 0 Å². The summed E-state index contributed by atoms with van der Waals surface area (Å²) in [6.45, 7) is 9.47. The van der Waals surface area contributed by atoms with Gasteiger partial charge in [-0.25, -0.2) is 0 Å². The number of benzene rings is 8. The molecule has 0 saturated heterocycles. The van der Waals surface area contributed by atoms with Crippen LogP contribution in [0.3, 0.4) is 0 Å². The Bertz CT molecular complexity index is 3010. The van der Waals surface area contributed by atoms with Gasteiger partial charge in [0.05, 0.1) is 5.69 Å². The summed E-state index contributed by atoms with van der Waals surface area (Å²) in [5.41, 5.74) is 19.2. The van der Waals surface area contributed by atoms with Crippen LogP contribution in [0.2, 0.25) is 0 Å². The Hall–Kier alpha value is -6.22. The maximum absolute atomic E-state index is 2.47. The summed E-state index contributed by atoms with van der Waals surface area (Å²) < 4.78 is 2.66. The van der Waals surface area contributed by atoms with Crippen LogP contribution in [0.5, 0.6) is 0 Å². The Balaban J connectivity index is 1.05. The molecule has 2 aliphatic carbocycles. The maximum Gasteiger partial charge on any atom is 0.0543 e. The van der Waals surface area contributed by atoms with E-state index in [1.165, 1.54) is 92.6 Å². The average Bonchev–Trinajstić information content (AvgIpc) is 3.81. The smallest absolute Gasteiger partial charge is 0.0543 e. The quantitative estimate of drug-likeness (QED) is 0.170. The first kappa shape index (κ1) is 33.1. The zero-order valence-electron chi connectivity index (χ0n) is 32.1. The van der Waals surface area contributed by atoms with Crippen molar-refractivity contribution in [1.29, 1.82) is 0 Å². The molecular weight excluding hydrogens is 695 g/mol. The van der Waals surface area contributed by atoms with Gasteiger partial charge >= 0.3 is 0 Å². The molecule has 0 bridgehead atoms. The highest BCUT2D eigenvalue weighted by Crippen LogP contribution is 2.55. The van der Waals surface area contributed by atoms with Crippen LogP contribution in [0.4, 0.5) is 17.1 Å². The van der Waals surface area contributed by atoms with Gasteiger partial charge in [-0.15, -0.1) is 11.3 Å². The molecule has 0 fully saturated rings. The van der Waals surface area contributed by atoms with Gasteiger partial charge in [0.15, 0.2) is 0 Å². The first-order chi connectivity index (χ1) is 27.3. The van der Waals surface area contributed by atoms with Gasteiger partial charge in [0.1, 0.15) is 0 Å². The molecule has 1 nitrogen and oxygen atoms in total. The Morgan fingerprint density at radius 3 is 1.71 bits per heavy atom. The molecule has 1 aromatic heterocycles. The minimum atomic E-state index is -0.0934. The second-order valence-corrected chi connectivity index (χ2v) is 17.6. The number of anilines is 3. The third-order valence-electron chi connectivity index (χ3n) is 12.7. The van der Waals surface area contributed by atoms with Gasteiger partial charge in [-0.3, -0.25) is 0 Å². The van der Waals surface area contributed by atoms with Crippen LogP contribution in [-0.2, 0) is 10.8 Å². The SMILES string of the molecule is CC1(C)c2ccccc2-c2c(N(c3ccc(-c4ccc5sc6ccccc6c5c4)cc3)c3ccc(-c4cccc5c4C(C)(C)c4ccccc4-5)cc3)cccc21. The molecule has 0 N–H and O–H groups in total. The van der Waals surface area contributed by atoms with E-state index in [0.717, 1.165) is 11.4 Å². The molecule has 0 spiro atoms. The fourth-order valence-electron chi connectivity index (χ4n) is 9.94. The van der Waals surface area contributed by atoms with E-state index in [4.69, 9.17) is 0 Å². The van der Waals surface area contributed by atoms with Crippen molar-refractivity contribution in [3.8, 4) is 44.5 Å². The van der Waals surface area contributed by atoms with Crippen molar-refractivity contribution in [2.75, 3.05) is 4.90 Å². The Morgan fingerprint density at radius 1 is 0.393 bits per heavy atom. The number of fused-ring (bicyclic) bond motifs is 9. The zero-order chi connectivity index (χ0) is 37.8. The molecule has 0 unspecified atom stereocenters. The van der Waals surface area contributed by atoms with Gasteiger partial charge in [-0.2, -0.15) is 0 Å². The van der Waals surface area contributed by atoms with Crippen molar-refractivity contribution >= 4 is 48.6 Å². The third-order valence-corrected chi connectivity index (χ3v) is 13.8. The van der Waals surface area contributed by atoms with Crippen LogP contribution < -0.4 is 4.90 Å². The molecular formula is C54H41NS. The van der Waals surface area contributed by atoms with Crippen LogP contribution in [-0.4, -0.2) is 0 Å². The Labute approximate surface area is 333 Å². The van der Waals surface area contributed by atoms with Gasteiger partial charge in [-0.05, 0) is 110 Å². The summed E-state index contributed by atoms with van der Waals surface area (Å²) in [7, 11) is 0. The summed E-state index contributed by atoms with van der Waals surface area (Å²) in [4.78, 5) is 2.47. The molecule has 9 aromatic rings. The van der Waals surface area contributed by atoms with Crippen LogP contribution in [0.25, 0.3) is 64.7 Å². The highest BCUT2D eigenvalue weighted by atomic mass is 32.1. The van der Waals surface area contributed by atoms with Crippen molar-refractivity contribution < 1.29 is 0 Å². The fraction of sp³-hybridized carbons (Fsp3) is 0.111. The second kappa shape index (κ2) is 12.1. The number of hydrogen-bond donors (Lipinski definition) is 0. The highest BCUT2D eigenvalue weighted by Gasteiger charge is 2.39. The largest absolute Gasteiger partial charge is 0.310 e. The standard InChI is InChI=1S/C54H41NS/c1-53(2)46-19-9-6-15-43(46)51-47(53)20-12-21-48(51)55(37-28-23-34(24-29-37)36-27-32-50-44(33-36)41-14-7-10-22-49(41)56-50)38-30-25-35(26-31-38)39-16-11-17-42-40-13-5-8-18-45(40)54(3,4)52(39)42/h5-33H,1-4H3. The van der Waals surface area contributed by atoms with Gasteiger partial charge in [0.2, 0.25) is 0 Å². The number of thiophene rings is 1. The Morgan fingerprint density at radius 2 is 0.946 bits per heavy atom. The average molecular weight is 736 g/mol. The normalized spacial score (nSPS) is 14.4. The maximum atomic E-state index is 2.47. The van der Waals surface area contributed by atoms with Gasteiger partial charge in [0.25, 0.3) is 0 Å². The molecule has 0 amide bonds. The van der Waals surface area contributed by atoms with E-state index < -0.39 is 0 Å². The van der Waals surface area contributed by atoms with Gasteiger partial charge in [0, 0.05) is 47.9 Å². The summed E-state index contributed by atoms with van der Waals surface area (Å²) in [5.74, 6) is 0. The van der Waals surface area contributed by atoms with Crippen LogP contribution in [0.1, 0.15) is 49.9 Å². The number of rotatable bonds is 5. The molecule has 0 saturated carbocycles. The fourth-order valence-corrected chi connectivity index (χ4v) is 11.0. The predicted molar refractivity (Wildman–Crippen MR) is 240 cm³/mol. The summed E-state index contributed by atoms with van der Waals surface area (Å²) >= 11 is 1.87. The first-order valence-corrected chi connectivity index (χ1v) is 20.5. The van der Waals surface area contributed by atoms with E-state index in [0.29, 0.717) is 0 Å². The first-order valence-electron chi connectivity index (χ1n) is 19.7. The Kier molecular flexibility index (Phi) is 7.18. The van der Waals surface area contributed by atoms with Crippen molar-refractivity contribution in [3.05, 3.63) is 198 Å². The summed E-state index contributed by atoms with van der Waals surface area (Å²) in [6, 6.07) is 65.7. The minimum absolute atomic E-state index is 0.0825. The van der Waals surface area contributed by atoms with E-state index >= 15 is 0 Å². The van der Waals surface area contributed by atoms with Crippen molar-refractivity contribution in [3.63, 3.8) is 0 Å². The molecule has 0 aliphatic heterocycles. The lowest BCUT2D eigenvalue weighted by Crippen LogP contribution is -2.16. The van der Waals surface area contributed by atoms with Gasteiger partial charge < -0.3 is 4.90 Å². The lowest BCUT2D eigenvalue weighted by atomic mass is 9.79. The molecule has 11 rings (SSSR count). The van der Waals surface area contributed by atoms with E-state index in [1.807, 2.05) is 11.3 Å². The molecule has 0 radical (unpaired) electrons.